The highest BCUT2D eigenvalue weighted by molar-refractivity contribution is 6.20. The van der Waals surface area contributed by atoms with Gasteiger partial charge in [0.05, 0.1) is 5.56 Å². The number of nitrogen functional groups attached to an aromatic ring is 1. The number of nitrogens with two attached hydrogens (primary N) is 1. The molecule has 0 aliphatic carbocycles. The third-order valence-electron chi connectivity index (χ3n) is 5.49. The molecule has 0 bridgehead atoms. The van der Waals surface area contributed by atoms with Gasteiger partial charge in [-0.2, -0.15) is 5.26 Å². The second-order valence-corrected chi connectivity index (χ2v) is 7.09. The van der Waals surface area contributed by atoms with Crippen LogP contribution in [0.25, 0.3) is 43.8 Å². The summed E-state index contributed by atoms with van der Waals surface area (Å²) in [6, 6.07) is 35.0. The highest BCUT2D eigenvalue weighted by Crippen LogP contribution is 2.44. The number of hydrogen-bond acceptors (Lipinski definition) is 2. The van der Waals surface area contributed by atoms with E-state index in [1.165, 1.54) is 0 Å². The minimum absolute atomic E-state index is 0.668. The molecule has 5 rings (SSSR count). The molecule has 2 N–H and O–H groups in total. The van der Waals surface area contributed by atoms with E-state index in [4.69, 9.17) is 5.73 Å². The average molecular weight is 370 g/mol. The summed E-state index contributed by atoms with van der Waals surface area (Å²) in [5, 5.41) is 13.8. The SMILES string of the molecule is N#Cc1c2ccccc2c(N)c2ccc(-c3ccccc3)c(-c3ccccc3)c12. The summed E-state index contributed by atoms with van der Waals surface area (Å²) in [6.07, 6.45) is 0. The lowest BCUT2D eigenvalue weighted by Gasteiger charge is -2.18. The Balaban J connectivity index is 2.05. The highest BCUT2D eigenvalue weighted by Gasteiger charge is 2.19. The van der Waals surface area contributed by atoms with Crippen molar-refractivity contribution < 1.29 is 0 Å². The van der Waals surface area contributed by atoms with Gasteiger partial charge in [0.1, 0.15) is 6.07 Å². The first-order chi connectivity index (χ1) is 14.3. The molecule has 0 spiro atoms. The molecule has 0 heterocycles. The van der Waals surface area contributed by atoms with E-state index in [0.717, 1.165) is 43.8 Å². The monoisotopic (exact) mass is 370 g/mol. The lowest BCUT2D eigenvalue weighted by Crippen LogP contribution is -1.97. The minimum Gasteiger partial charge on any atom is -0.398 e. The number of anilines is 1. The van der Waals surface area contributed by atoms with E-state index in [9.17, 15) is 5.26 Å². The maximum Gasteiger partial charge on any atom is 0.100 e. The van der Waals surface area contributed by atoms with Crippen LogP contribution in [-0.2, 0) is 0 Å². The van der Waals surface area contributed by atoms with Gasteiger partial charge in [-0.05, 0) is 22.3 Å². The van der Waals surface area contributed by atoms with Crippen LogP contribution in [0.1, 0.15) is 5.56 Å². The van der Waals surface area contributed by atoms with E-state index in [0.29, 0.717) is 11.3 Å². The maximum absolute atomic E-state index is 10.2. The van der Waals surface area contributed by atoms with Gasteiger partial charge in [-0.3, -0.25) is 0 Å². The molecule has 29 heavy (non-hydrogen) atoms. The maximum atomic E-state index is 10.2. The number of rotatable bonds is 2. The van der Waals surface area contributed by atoms with Crippen molar-refractivity contribution in [1.82, 2.24) is 0 Å². The molecule has 2 heteroatoms. The van der Waals surface area contributed by atoms with Gasteiger partial charge in [-0.25, -0.2) is 0 Å². The van der Waals surface area contributed by atoms with Gasteiger partial charge in [-0.1, -0.05) is 97.1 Å². The van der Waals surface area contributed by atoms with Gasteiger partial charge in [-0.15, -0.1) is 0 Å². The summed E-state index contributed by atoms with van der Waals surface area (Å²) in [7, 11) is 0. The molecule has 0 aliphatic heterocycles. The zero-order valence-corrected chi connectivity index (χ0v) is 15.8. The van der Waals surface area contributed by atoms with E-state index in [-0.39, 0.29) is 0 Å². The van der Waals surface area contributed by atoms with Crippen molar-refractivity contribution in [1.29, 1.82) is 5.26 Å². The van der Waals surface area contributed by atoms with Gasteiger partial charge in [0.2, 0.25) is 0 Å². The van der Waals surface area contributed by atoms with Gasteiger partial charge in [0, 0.05) is 27.2 Å². The van der Waals surface area contributed by atoms with Crippen molar-refractivity contribution in [2.75, 3.05) is 5.73 Å². The van der Waals surface area contributed by atoms with Crippen molar-refractivity contribution in [3.8, 4) is 28.3 Å². The van der Waals surface area contributed by atoms with Crippen LogP contribution >= 0.6 is 0 Å². The van der Waals surface area contributed by atoms with E-state index in [1.807, 2.05) is 66.7 Å². The summed E-state index contributed by atoms with van der Waals surface area (Å²) in [6.45, 7) is 0. The fourth-order valence-corrected chi connectivity index (χ4v) is 4.18. The topological polar surface area (TPSA) is 49.8 Å². The Kier molecular flexibility index (Phi) is 4.00. The van der Waals surface area contributed by atoms with E-state index in [1.54, 1.807) is 0 Å². The van der Waals surface area contributed by atoms with Crippen molar-refractivity contribution in [3.05, 3.63) is 103 Å². The van der Waals surface area contributed by atoms with Crippen molar-refractivity contribution in [2.24, 2.45) is 0 Å². The molecule has 0 atom stereocenters. The number of hydrogen-bond donors (Lipinski definition) is 1. The highest BCUT2D eigenvalue weighted by atomic mass is 14.6. The van der Waals surface area contributed by atoms with Crippen LogP contribution in [0.4, 0.5) is 5.69 Å². The second kappa shape index (κ2) is 6.82. The van der Waals surface area contributed by atoms with Gasteiger partial charge in [0.15, 0.2) is 0 Å². The third kappa shape index (κ3) is 2.64. The molecule has 136 valence electrons. The Hall–Kier alpha value is -4.09. The Bertz CT molecular complexity index is 1400. The quantitative estimate of drug-likeness (QED) is 0.275. The van der Waals surface area contributed by atoms with Crippen molar-refractivity contribution >= 4 is 27.2 Å². The molecule has 0 saturated carbocycles. The molecular weight excluding hydrogens is 352 g/mol. The summed E-state index contributed by atoms with van der Waals surface area (Å²) in [5.74, 6) is 0. The molecule has 0 radical (unpaired) electrons. The molecule has 5 aromatic carbocycles. The number of nitrogens with zero attached hydrogens (tertiary/aromatic N) is 1. The summed E-state index contributed by atoms with van der Waals surface area (Å²) < 4.78 is 0. The largest absolute Gasteiger partial charge is 0.398 e. The van der Waals surface area contributed by atoms with Gasteiger partial charge in [0.25, 0.3) is 0 Å². The molecule has 0 saturated heterocycles. The first kappa shape index (κ1) is 17.0. The number of nitriles is 1. The van der Waals surface area contributed by atoms with Crippen LogP contribution in [-0.4, -0.2) is 0 Å². The summed E-state index contributed by atoms with van der Waals surface area (Å²) in [5.41, 5.74) is 12.3. The first-order valence-electron chi connectivity index (χ1n) is 9.57. The van der Waals surface area contributed by atoms with Crippen LogP contribution in [0.3, 0.4) is 0 Å². The Morgan fingerprint density at radius 1 is 0.586 bits per heavy atom. The summed E-state index contributed by atoms with van der Waals surface area (Å²) in [4.78, 5) is 0. The van der Waals surface area contributed by atoms with Crippen molar-refractivity contribution in [2.45, 2.75) is 0 Å². The minimum atomic E-state index is 0.668. The van der Waals surface area contributed by atoms with Crippen LogP contribution in [0.15, 0.2) is 97.1 Å². The number of fused-ring (bicyclic) bond motifs is 2. The second-order valence-electron chi connectivity index (χ2n) is 7.09. The Labute approximate surface area is 169 Å². The Morgan fingerprint density at radius 2 is 1.17 bits per heavy atom. The zero-order chi connectivity index (χ0) is 19.8. The molecule has 0 unspecified atom stereocenters. The van der Waals surface area contributed by atoms with Gasteiger partial charge >= 0.3 is 0 Å². The predicted molar refractivity (Wildman–Crippen MR) is 121 cm³/mol. The fourth-order valence-electron chi connectivity index (χ4n) is 4.18. The van der Waals surface area contributed by atoms with E-state index >= 15 is 0 Å². The molecule has 0 amide bonds. The zero-order valence-electron chi connectivity index (χ0n) is 15.8. The van der Waals surface area contributed by atoms with E-state index in [2.05, 4.69) is 36.4 Å². The molecule has 5 aromatic rings. The van der Waals surface area contributed by atoms with Crippen LogP contribution in [0, 0.1) is 11.3 Å². The van der Waals surface area contributed by atoms with Gasteiger partial charge < -0.3 is 5.73 Å². The van der Waals surface area contributed by atoms with Crippen LogP contribution < -0.4 is 5.73 Å². The molecule has 0 aliphatic rings. The normalized spacial score (nSPS) is 10.9. The lowest BCUT2D eigenvalue weighted by molar-refractivity contribution is 1.51. The molecule has 0 fully saturated rings. The predicted octanol–water partition coefficient (Wildman–Crippen LogP) is 6.78. The van der Waals surface area contributed by atoms with Crippen LogP contribution in [0.5, 0.6) is 0 Å². The molecule has 0 aromatic heterocycles. The average Bonchev–Trinajstić information content (AvgIpc) is 2.80. The fraction of sp³-hybridized carbons (Fsp3) is 0. The Morgan fingerprint density at radius 3 is 1.83 bits per heavy atom. The first-order valence-corrected chi connectivity index (χ1v) is 9.57. The standard InChI is InChI=1S/C27H18N2/c28-17-24-21-13-7-8-14-22(21)27(29)23-16-15-20(18-9-3-1-4-10-18)25(26(23)24)19-11-5-2-6-12-19/h1-16H,29H2. The number of benzene rings is 5. The lowest BCUT2D eigenvalue weighted by atomic mass is 9.85. The molecule has 2 nitrogen and oxygen atoms in total. The smallest absolute Gasteiger partial charge is 0.100 e. The third-order valence-corrected chi connectivity index (χ3v) is 5.49. The summed E-state index contributed by atoms with van der Waals surface area (Å²) >= 11 is 0. The molecular formula is C27H18N2. The van der Waals surface area contributed by atoms with Crippen molar-refractivity contribution in [3.63, 3.8) is 0 Å². The van der Waals surface area contributed by atoms with E-state index < -0.39 is 0 Å². The van der Waals surface area contributed by atoms with Crippen LogP contribution in [0.2, 0.25) is 0 Å².